The van der Waals surface area contributed by atoms with Crippen molar-refractivity contribution in [3.05, 3.63) is 72.1 Å². The third-order valence-electron chi connectivity index (χ3n) is 9.51. The smallest absolute Gasteiger partial charge is 0.416 e. The van der Waals surface area contributed by atoms with Crippen molar-refractivity contribution >= 4 is 6.09 Å². The fraction of sp³-hybridized carbons (Fsp3) is 0.640. The molecular formula is C50H75F3N2O15. The molecule has 0 saturated carbocycles. The minimum Gasteiger partial charge on any atom is -0.496 e. The largest absolute Gasteiger partial charge is 0.496 e. The number of carbonyl (C=O) groups excluding carboxylic acids is 1. The van der Waals surface area contributed by atoms with Crippen LogP contribution < -0.4 is 4.74 Å². The minimum absolute atomic E-state index is 0.112. The van der Waals surface area contributed by atoms with Gasteiger partial charge >= 0.3 is 12.3 Å². The number of ether oxygens (including phenoxy) is 14. The molecule has 1 heterocycles. The summed E-state index contributed by atoms with van der Waals surface area (Å²) in [6.45, 7) is 16.1. The van der Waals surface area contributed by atoms with E-state index in [1.807, 2.05) is 6.07 Å². The number of alkyl halides is 3. The van der Waals surface area contributed by atoms with Crippen LogP contribution in [-0.4, -0.2) is 194 Å². The molecule has 0 N–H and O–H groups in total. The van der Waals surface area contributed by atoms with Crippen molar-refractivity contribution in [1.29, 1.82) is 0 Å². The van der Waals surface area contributed by atoms with Crippen molar-refractivity contribution in [3.63, 3.8) is 0 Å². The Bertz CT molecular complexity index is 1800. The number of halogens is 3. The Labute approximate surface area is 411 Å². The molecule has 0 atom stereocenters. The molecular weight excluding hydrogens is 926 g/mol. The maximum atomic E-state index is 13.5. The van der Waals surface area contributed by atoms with Crippen molar-refractivity contribution in [2.45, 2.75) is 39.1 Å². The van der Waals surface area contributed by atoms with E-state index in [2.05, 4.69) is 4.98 Å². The van der Waals surface area contributed by atoms with Crippen LogP contribution in [0.3, 0.4) is 0 Å². The number of amides is 1. The molecule has 3 rings (SSSR count). The number of carbonyl (C=O) groups is 1. The molecule has 0 spiro atoms. The number of rotatable bonds is 41. The number of hydrogen-bond donors (Lipinski definition) is 0. The van der Waals surface area contributed by atoms with E-state index in [1.165, 1.54) is 18.1 Å². The summed E-state index contributed by atoms with van der Waals surface area (Å²) < 4.78 is 117. The number of hydrogen-bond acceptors (Lipinski definition) is 16. The topological polar surface area (TPSA) is 162 Å². The molecule has 0 saturated heterocycles. The third-order valence-corrected chi connectivity index (χ3v) is 9.51. The van der Waals surface area contributed by atoms with Gasteiger partial charge in [0.05, 0.1) is 177 Å². The molecule has 3 aromatic rings. The van der Waals surface area contributed by atoms with Gasteiger partial charge in [0.25, 0.3) is 0 Å². The lowest BCUT2D eigenvalue weighted by Gasteiger charge is -2.27. The predicted octanol–water partition coefficient (Wildman–Crippen LogP) is 7.01. The van der Waals surface area contributed by atoms with Gasteiger partial charge in [-0.15, -0.1) is 0 Å². The quantitative estimate of drug-likeness (QED) is 0.0534. The molecule has 17 nitrogen and oxygen atoms in total. The summed E-state index contributed by atoms with van der Waals surface area (Å²) >= 11 is 0. The molecule has 0 fully saturated rings. The van der Waals surface area contributed by atoms with Gasteiger partial charge in [-0.3, -0.25) is 9.88 Å². The summed E-state index contributed by atoms with van der Waals surface area (Å²) in [7, 11) is 3.16. The number of benzene rings is 2. The fourth-order valence-corrected chi connectivity index (χ4v) is 6.10. The van der Waals surface area contributed by atoms with Crippen molar-refractivity contribution in [2.24, 2.45) is 0 Å². The van der Waals surface area contributed by atoms with Gasteiger partial charge in [-0.1, -0.05) is 18.2 Å². The number of nitrogens with zero attached hydrogens (tertiary/aromatic N) is 2. The molecule has 1 amide bonds. The van der Waals surface area contributed by atoms with Gasteiger partial charge in [0.2, 0.25) is 0 Å². The summed E-state index contributed by atoms with van der Waals surface area (Å²) in [6, 6.07) is 13.9. The highest BCUT2D eigenvalue weighted by Crippen LogP contribution is 2.37. The van der Waals surface area contributed by atoms with Gasteiger partial charge in [0, 0.05) is 25.4 Å². The van der Waals surface area contributed by atoms with E-state index < -0.39 is 23.4 Å². The second-order valence-corrected chi connectivity index (χ2v) is 16.2. The van der Waals surface area contributed by atoms with Gasteiger partial charge in [-0.2, -0.15) is 13.2 Å². The monoisotopic (exact) mass is 1000 g/mol. The molecule has 0 aliphatic heterocycles. The Morgan fingerprint density at radius 3 is 1.36 bits per heavy atom. The lowest BCUT2D eigenvalue weighted by Crippen LogP contribution is -2.38. The van der Waals surface area contributed by atoms with Crippen LogP contribution in [0.5, 0.6) is 5.75 Å². The van der Waals surface area contributed by atoms with Gasteiger partial charge in [0.1, 0.15) is 11.4 Å². The third kappa shape index (κ3) is 28.1. The summed E-state index contributed by atoms with van der Waals surface area (Å²) in [4.78, 5) is 19.3. The standard InChI is InChI=1S/C50H75F3N2O15/c1-49(2,3)70-48(56)55(40-45-38-43(11-12-54-45)46-39-42(9-10-47(46)58-5)41-7-6-8-44(37-41)50(51,52)53)13-14-59-17-18-61-21-22-63-25-26-65-29-30-67-33-34-69-36-35-68-32-31-66-28-27-64-24-23-62-20-19-60-16-15-57-4/h6-12,37-39H,13-36,40H2,1-5H3. The highest BCUT2D eigenvalue weighted by molar-refractivity contribution is 5.78. The van der Waals surface area contributed by atoms with Crippen molar-refractivity contribution < 1.29 is 84.3 Å². The van der Waals surface area contributed by atoms with E-state index in [0.29, 0.717) is 179 Å². The van der Waals surface area contributed by atoms with Crippen LogP contribution >= 0.6 is 0 Å². The van der Waals surface area contributed by atoms with E-state index in [1.54, 1.807) is 64.4 Å². The van der Waals surface area contributed by atoms with Gasteiger partial charge in [-0.25, -0.2) is 4.79 Å². The summed E-state index contributed by atoms with van der Waals surface area (Å²) in [5, 5.41) is 0. The van der Waals surface area contributed by atoms with Crippen molar-refractivity contribution in [3.8, 4) is 28.0 Å². The normalized spacial score (nSPS) is 11.9. The van der Waals surface area contributed by atoms with E-state index in [4.69, 9.17) is 66.3 Å². The first kappa shape index (κ1) is 60.3. The molecule has 2 aromatic carbocycles. The second-order valence-electron chi connectivity index (χ2n) is 16.2. The zero-order valence-electron chi connectivity index (χ0n) is 41.6. The molecule has 396 valence electrons. The first-order valence-corrected chi connectivity index (χ1v) is 23.5. The van der Waals surface area contributed by atoms with Crippen molar-refractivity contribution in [1.82, 2.24) is 9.88 Å². The first-order valence-electron chi connectivity index (χ1n) is 23.5. The molecule has 0 aliphatic rings. The Hall–Kier alpha value is -4.03. The minimum atomic E-state index is -4.47. The summed E-state index contributed by atoms with van der Waals surface area (Å²) in [5.74, 6) is 0.524. The average Bonchev–Trinajstić information content (AvgIpc) is 3.34. The van der Waals surface area contributed by atoms with Gasteiger partial charge in [-0.05, 0) is 73.9 Å². The molecule has 0 aliphatic carbocycles. The average molecular weight is 1000 g/mol. The van der Waals surface area contributed by atoms with Crippen LogP contribution in [0.15, 0.2) is 60.8 Å². The molecule has 1 aromatic heterocycles. The SMILES string of the molecule is COCCOCCOCCOCCOCCOCCOCCOCCOCCOCCOCCOCCN(Cc1cc(-c2cc(-c3cccc(C(F)(F)F)c3)ccc2OC)ccn1)C(=O)OC(C)(C)C. The fourth-order valence-electron chi connectivity index (χ4n) is 6.10. The van der Waals surface area contributed by atoms with Crippen LogP contribution in [0.2, 0.25) is 0 Å². The molecule has 70 heavy (non-hydrogen) atoms. The molecule has 0 unspecified atom stereocenters. The van der Waals surface area contributed by atoms with Crippen LogP contribution in [0.4, 0.5) is 18.0 Å². The lowest BCUT2D eigenvalue weighted by atomic mass is 9.97. The van der Waals surface area contributed by atoms with E-state index in [0.717, 1.165) is 12.1 Å². The van der Waals surface area contributed by atoms with Gasteiger partial charge in [0.15, 0.2) is 0 Å². The Morgan fingerprint density at radius 2 is 0.943 bits per heavy atom. The van der Waals surface area contributed by atoms with Crippen LogP contribution in [0.25, 0.3) is 22.3 Å². The zero-order chi connectivity index (χ0) is 50.6. The van der Waals surface area contributed by atoms with Crippen LogP contribution in [-0.2, 0) is 74.3 Å². The predicted molar refractivity (Wildman–Crippen MR) is 254 cm³/mol. The van der Waals surface area contributed by atoms with Crippen molar-refractivity contribution in [2.75, 3.05) is 173 Å². The Kier molecular flexibility index (Phi) is 31.7. The molecule has 0 radical (unpaired) electrons. The van der Waals surface area contributed by atoms with E-state index in [-0.39, 0.29) is 19.7 Å². The summed E-state index contributed by atoms with van der Waals surface area (Å²) in [6.07, 6.45) is -3.40. The van der Waals surface area contributed by atoms with E-state index in [9.17, 15) is 18.0 Å². The number of methoxy groups -OCH3 is 2. The Balaban J connectivity index is 1.18. The number of pyridine rings is 1. The maximum absolute atomic E-state index is 13.5. The van der Waals surface area contributed by atoms with Crippen LogP contribution in [0, 0.1) is 0 Å². The number of aromatic nitrogens is 1. The maximum Gasteiger partial charge on any atom is 0.416 e. The second kappa shape index (κ2) is 36.8. The highest BCUT2D eigenvalue weighted by atomic mass is 19.4. The molecule has 20 heteroatoms. The zero-order valence-corrected chi connectivity index (χ0v) is 41.6. The lowest BCUT2D eigenvalue weighted by molar-refractivity contribution is -0.137. The first-order chi connectivity index (χ1) is 33.9. The van der Waals surface area contributed by atoms with Gasteiger partial charge < -0.3 is 66.3 Å². The Morgan fingerprint density at radius 1 is 0.514 bits per heavy atom. The highest BCUT2D eigenvalue weighted by Gasteiger charge is 2.30. The van der Waals surface area contributed by atoms with E-state index >= 15 is 0 Å². The summed E-state index contributed by atoms with van der Waals surface area (Å²) in [5.41, 5.74) is 1.44. The van der Waals surface area contributed by atoms with Crippen LogP contribution in [0.1, 0.15) is 32.0 Å². The molecule has 0 bridgehead atoms.